The average molecular weight is 461 g/mol. The third-order valence-electron chi connectivity index (χ3n) is 5.65. The lowest BCUT2D eigenvalue weighted by Crippen LogP contribution is -2.54. The molecule has 1 spiro atoms. The molecule has 2 heterocycles. The number of piperidine rings is 1. The first-order valence-electron chi connectivity index (χ1n) is 9.90. The zero-order valence-electron chi connectivity index (χ0n) is 16.6. The second kappa shape index (κ2) is 8.76. The van der Waals surface area contributed by atoms with Gasteiger partial charge in [-0.15, -0.1) is 11.8 Å². The van der Waals surface area contributed by atoms with Gasteiger partial charge in [0.1, 0.15) is 0 Å². The van der Waals surface area contributed by atoms with Crippen LogP contribution in [0, 0.1) is 10.1 Å². The van der Waals surface area contributed by atoms with Gasteiger partial charge in [0.15, 0.2) is 0 Å². The number of urea groups is 1. The summed E-state index contributed by atoms with van der Waals surface area (Å²) in [6, 6.07) is 12.6. The van der Waals surface area contributed by atoms with Gasteiger partial charge in [-0.3, -0.25) is 14.9 Å². The molecule has 0 aliphatic carbocycles. The summed E-state index contributed by atoms with van der Waals surface area (Å²) in [5, 5.41) is 14.5. The summed E-state index contributed by atoms with van der Waals surface area (Å²) in [4.78, 5) is 39.5. The van der Waals surface area contributed by atoms with Crippen LogP contribution in [0.1, 0.15) is 23.2 Å². The highest BCUT2D eigenvalue weighted by molar-refractivity contribution is 8.00. The van der Waals surface area contributed by atoms with E-state index in [1.807, 2.05) is 4.90 Å². The van der Waals surface area contributed by atoms with Crippen LogP contribution in [0.25, 0.3) is 0 Å². The molecule has 3 amide bonds. The van der Waals surface area contributed by atoms with Crippen molar-refractivity contribution in [3.05, 3.63) is 69.2 Å². The van der Waals surface area contributed by atoms with E-state index in [0.717, 1.165) is 5.75 Å². The van der Waals surface area contributed by atoms with Crippen LogP contribution in [-0.2, 0) is 0 Å². The minimum Gasteiger partial charge on any atom is -0.324 e. The molecule has 8 nitrogen and oxygen atoms in total. The number of likely N-dealkylation sites (tertiary alicyclic amines) is 1. The number of thioether (sulfide) groups is 1. The maximum Gasteiger partial charge on any atom is 0.321 e. The number of nitrogens with one attached hydrogen (secondary N) is 1. The van der Waals surface area contributed by atoms with Crippen LogP contribution in [-0.4, -0.2) is 56.9 Å². The van der Waals surface area contributed by atoms with E-state index in [0.29, 0.717) is 48.7 Å². The molecular formula is C21H21ClN4O4S. The quantitative estimate of drug-likeness (QED) is 0.538. The van der Waals surface area contributed by atoms with Gasteiger partial charge in [0.05, 0.1) is 9.79 Å². The summed E-state index contributed by atoms with van der Waals surface area (Å²) < 4.78 is 0. The van der Waals surface area contributed by atoms with Crippen LogP contribution in [0.15, 0.2) is 48.5 Å². The van der Waals surface area contributed by atoms with Crippen LogP contribution < -0.4 is 5.32 Å². The zero-order chi connectivity index (χ0) is 22.0. The zero-order valence-corrected chi connectivity index (χ0v) is 18.2. The molecule has 2 aliphatic heterocycles. The maximum absolute atomic E-state index is 13.2. The van der Waals surface area contributed by atoms with Gasteiger partial charge < -0.3 is 15.1 Å². The number of rotatable bonds is 3. The summed E-state index contributed by atoms with van der Waals surface area (Å²) in [5.74, 6) is 0.602. The Labute approximate surface area is 188 Å². The van der Waals surface area contributed by atoms with Crippen molar-refractivity contribution in [2.45, 2.75) is 17.7 Å². The first kappa shape index (κ1) is 21.5. The molecule has 0 bridgehead atoms. The number of carbonyl (C=O) groups excluding carboxylic acids is 2. The van der Waals surface area contributed by atoms with Crippen molar-refractivity contribution in [3.63, 3.8) is 0 Å². The molecule has 1 N–H and O–H groups in total. The highest BCUT2D eigenvalue weighted by Crippen LogP contribution is 2.44. The van der Waals surface area contributed by atoms with Crippen molar-refractivity contribution >= 4 is 46.7 Å². The topological polar surface area (TPSA) is 95.8 Å². The molecule has 2 saturated heterocycles. The predicted molar refractivity (Wildman–Crippen MR) is 121 cm³/mol. The van der Waals surface area contributed by atoms with Gasteiger partial charge in [0, 0.05) is 53.8 Å². The lowest BCUT2D eigenvalue weighted by molar-refractivity contribution is -0.384. The van der Waals surface area contributed by atoms with Gasteiger partial charge in [0.2, 0.25) is 0 Å². The van der Waals surface area contributed by atoms with E-state index >= 15 is 0 Å². The number of halogens is 1. The van der Waals surface area contributed by atoms with Gasteiger partial charge in [0.25, 0.3) is 11.6 Å². The molecule has 0 atom stereocenters. The molecular weight excluding hydrogens is 440 g/mol. The number of anilines is 1. The Morgan fingerprint density at radius 2 is 1.81 bits per heavy atom. The minimum absolute atomic E-state index is 0.0968. The Balaban J connectivity index is 1.42. The number of nitro groups is 1. The lowest BCUT2D eigenvalue weighted by atomic mass is 10.0. The standard InChI is InChI=1S/C21H21ClN4O4S/c22-16-4-6-17(7-5-16)23-20(28)24-10-8-21(9-11-24)25(12-13-31-21)19(27)15-2-1-3-18(14-15)26(29)30/h1-7,14H,8-13H2,(H,23,28). The van der Waals surface area contributed by atoms with Crippen molar-refractivity contribution in [2.24, 2.45) is 0 Å². The Kier molecular flexibility index (Phi) is 6.06. The van der Waals surface area contributed by atoms with Gasteiger partial charge in [-0.25, -0.2) is 4.79 Å². The summed E-state index contributed by atoms with van der Waals surface area (Å²) in [7, 11) is 0. The van der Waals surface area contributed by atoms with E-state index in [-0.39, 0.29) is 17.6 Å². The smallest absolute Gasteiger partial charge is 0.321 e. The fourth-order valence-corrected chi connectivity index (χ4v) is 5.59. The molecule has 162 valence electrons. The van der Waals surface area contributed by atoms with Crippen molar-refractivity contribution in [1.29, 1.82) is 0 Å². The van der Waals surface area contributed by atoms with E-state index < -0.39 is 9.79 Å². The van der Waals surface area contributed by atoms with Gasteiger partial charge in [-0.2, -0.15) is 0 Å². The van der Waals surface area contributed by atoms with Crippen LogP contribution in [0.3, 0.4) is 0 Å². The van der Waals surface area contributed by atoms with Crippen molar-refractivity contribution in [3.8, 4) is 0 Å². The van der Waals surface area contributed by atoms with Crippen LogP contribution in [0.2, 0.25) is 5.02 Å². The summed E-state index contributed by atoms with van der Waals surface area (Å²) >= 11 is 7.61. The number of non-ortho nitro benzene ring substituents is 1. The molecule has 2 aromatic rings. The number of carbonyl (C=O) groups is 2. The third kappa shape index (κ3) is 4.47. The molecule has 4 rings (SSSR count). The number of nitrogens with zero attached hydrogens (tertiary/aromatic N) is 3. The fraction of sp³-hybridized carbons (Fsp3) is 0.333. The van der Waals surface area contributed by atoms with Crippen molar-refractivity contribution in [2.75, 3.05) is 30.7 Å². The monoisotopic (exact) mass is 460 g/mol. The largest absolute Gasteiger partial charge is 0.324 e. The number of hydrogen-bond donors (Lipinski definition) is 1. The predicted octanol–water partition coefficient (Wildman–Crippen LogP) is 4.46. The van der Waals surface area contributed by atoms with Crippen LogP contribution in [0.4, 0.5) is 16.2 Å². The maximum atomic E-state index is 13.2. The number of nitro benzene ring substituents is 1. The van der Waals surface area contributed by atoms with E-state index in [9.17, 15) is 19.7 Å². The highest BCUT2D eigenvalue weighted by Gasteiger charge is 2.47. The van der Waals surface area contributed by atoms with Crippen LogP contribution in [0.5, 0.6) is 0 Å². The molecule has 0 unspecified atom stereocenters. The van der Waals surface area contributed by atoms with E-state index in [1.165, 1.54) is 18.2 Å². The third-order valence-corrected chi connectivity index (χ3v) is 7.46. The van der Waals surface area contributed by atoms with Crippen molar-refractivity contribution < 1.29 is 14.5 Å². The van der Waals surface area contributed by atoms with E-state index in [1.54, 1.807) is 47.0 Å². The lowest BCUT2D eigenvalue weighted by Gasteiger charge is -2.44. The van der Waals surface area contributed by atoms with Gasteiger partial charge in [-0.05, 0) is 43.2 Å². The van der Waals surface area contributed by atoms with Crippen molar-refractivity contribution in [1.82, 2.24) is 9.80 Å². The Morgan fingerprint density at radius 1 is 1.10 bits per heavy atom. The van der Waals surface area contributed by atoms with E-state index in [2.05, 4.69) is 5.32 Å². The SMILES string of the molecule is O=C(Nc1ccc(Cl)cc1)N1CCC2(CC1)SCCN2C(=O)c1cccc([N+](=O)[O-])c1. The summed E-state index contributed by atoms with van der Waals surface area (Å²) in [6.45, 7) is 1.62. The molecule has 0 aromatic heterocycles. The molecule has 10 heteroatoms. The highest BCUT2D eigenvalue weighted by atomic mass is 35.5. The van der Waals surface area contributed by atoms with Gasteiger partial charge in [-0.1, -0.05) is 17.7 Å². The Bertz CT molecular complexity index is 1010. The molecule has 0 radical (unpaired) electrons. The molecule has 2 aliphatic rings. The number of hydrogen-bond acceptors (Lipinski definition) is 5. The first-order valence-corrected chi connectivity index (χ1v) is 11.3. The number of amides is 3. The fourth-order valence-electron chi connectivity index (χ4n) is 4.01. The molecule has 2 aromatic carbocycles. The first-order chi connectivity index (χ1) is 14.9. The molecule has 2 fully saturated rings. The Morgan fingerprint density at radius 3 is 2.48 bits per heavy atom. The second-order valence-corrected chi connectivity index (χ2v) is 9.38. The minimum atomic E-state index is -0.497. The normalized spacial score (nSPS) is 17.6. The second-order valence-electron chi connectivity index (χ2n) is 7.48. The van der Waals surface area contributed by atoms with Gasteiger partial charge >= 0.3 is 6.03 Å². The average Bonchev–Trinajstić information content (AvgIpc) is 3.18. The summed E-state index contributed by atoms with van der Waals surface area (Å²) in [5.41, 5.74) is 0.895. The molecule has 31 heavy (non-hydrogen) atoms. The van der Waals surface area contributed by atoms with E-state index in [4.69, 9.17) is 11.6 Å². The number of benzene rings is 2. The molecule has 0 saturated carbocycles. The Hall–Kier alpha value is -2.78. The summed E-state index contributed by atoms with van der Waals surface area (Å²) in [6.07, 6.45) is 1.29. The van der Waals surface area contributed by atoms with Crippen LogP contribution >= 0.6 is 23.4 Å².